The lowest BCUT2D eigenvalue weighted by atomic mass is 9.97. The molecule has 1 unspecified atom stereocenters. The predicted octanol–water partition coefficient (Wildman–Crippen LogP) is 2.25. The summed E-state index contributed by atoms with van der Waals surface area (Å²) in [5.41, 5.74) is 0. The zero-order valence-electron chi connectivity index (χ0n) is 10.4. The third kappa shape index (κ3) is 3.43. The van der Waals surface area contributed by atoms with Gasteiger partial charge in [-0.1, -0.05) is 0 Å². The van der Waals surface area contributed by atoms with E-state index in [1.54, 1.807) is 0 Å². The molecule has 2 rings (SSSR count). The van der Waals surface area contributed by atoms with Crippen LogP contribution in [0.2, 0.25) is 0 Å². The quantitative estimate of drug-likeness (QED) is 0.802. The van der Waals surface area contributed by atoms with E-state index in [1.807, 2.05) is 0 Å². The summed E-state index contributed by atoms with van der Waals surface area (Å²) in [5, 5.41) is 0. The molecule has 0 aliphatic carbocycles. The van der Waals surface area contributed by atoms with Gasteiger partial charge in [0.15, 0.2) is 0 Å². The Morgan fingerprint density at radius 2 is 2.26 bits per heavy atom. The van der Waals surface area contributed by atoms with Crippen LogP contribution in [-0.4, -0.2) is 36.7 Å². The maximum atomic E-state index is 13.1. The monoisotopic (exact) mass is 306 g/mol. The van der Waals surface area contributed by atoms with Crippen LogP contribution in [0.15, 0.2) is 23.4 Å². The second-order valence-electron chi connectivity index (χ2n) is 4.69. The molecule has 1 aliphatic rings. The van der Waals surface area contributed by atoms with Crippen molar-refractivity contribution in [2.45, 2.75) is 24.2 Å². The number of hydrogen-bond donors (Lipinski definition) is 0. The largest absolute Gasteiger partial charge is 0.260 e. The van der Waals surface area contributed by atoms with E-state index in [4.69, 9.17) is 11.6 Å². The minimum Gasteiger partial charge on any atom is -0.260 e. The van der Waals surface area contributed by atoms with Crippen LogP contribution in [-0.2, 0) is 10.0 Å². The molecule has 0 bridgehead atoms. The first-order chi connectivity index (χ1) is 9.04. The molecule has 0 amide bonds. The van der Waals surface area contributed by atoms with E-state index >= 15 is 0 Å². The molecule has 1 aromatic heterocycles. The first-order valence-corrected chi connectivity index (χ1v) is 8.18. The molecule has 7 heteroatoms. The van der Waals surface area contributed by atoms with Crippen molar-refractivity contribution in [3.05, 3.63) is 24.3 Å². The summed E-state index contributed by atoms with van der Waals surface area (Å²) in [6, 6.07) is 1.01. The highest BCUT2D eigenvalue weighted by Crippen LogP contribution is 2.25. The molecule has 1 saturated heterocycles. The maximum absolute atomic E-state index is 13.1. The van der Waals surface area contributed by atoms with E-state index < -0.39 is 15.8 Å². The van der Waals surface area contributed by atoms with Crippen molar-refractivity contribution >= 4 is 21.6 Å². The van der Waals surface area contributed by atoms with Gasteiger partial charge in [-0.2, -0.15) is 4.31 Å². The normalized spacial score (nSPS) is 21.5. The Kier molecular flexibility index (Phi) is 4.76. The van der Waals surface area contributed by atoms with Crippen molar-refractivity contribution in [3.8, 4) is 0 Å². The molecule has 1 aliphatic heterocycles. The van der Waals surface area contributed by atoms with E-state index in [2.05, 4.69) is 4.98 Å². The fraction of sp³-hybridized carbons (Fsp3) is 0.583. The number of hydrogen-bond acceptors (Lipinski definition) is 3. The van der Waals surface area contributed by atoms with Gasteiger partial charge in [-0.05, 0) is 31.2 Å². The minimum atomic E-state index is -3.65. The van der Waals surface area contributed by atoms with Crippen molar-refractivity contribution in [3.63, 3.8) is 0 Å². The van der Waals surface area contributed by atoms with Gasteiger partial charge in [0.25, 0.3) is 0 Å². The molecule has 0 radical (unpaired) electrons. The second kappa shape index (κ2) is 6.15. The SMILES string of the molecule is O=S(=O)(c1cncc(F)c1)N1CCCC(CCCl)C1. The van der Waals surface area contributed by atoms with E-state index in [1.165, 1.54) is 10.5 Å². The smallest absolute Gasteiger partial charge is 0.244 e. The van der Waals surface area contributed by atoms with Gasteiger partial charge >= 0.3 is 0 Å². The Hall–Kier alpha value is -0.720. The summed E-state index contributed by atoms with van der Waals surface area (Å²) in [7, 11) is -3.65. The summed E-state index contributed by atoms with van der Waals surface area (Å²) >= 11 is 5.71. The summed E-state index contributed by atoms with van der Waals surface area (Å²) in [4.78, 5) is 3.51. The standard InChI is InChI=1S/C12H16ClFN2O2S/c13-4-3-10-2-1-5-16(9-10)19(17,18)12-6-11(14)7-15-8-12/h6-8,10H,1-5,9H2. The average Bonchev–Trinajstić information content (AvgIpc) is 2.39. The third-order valence-electron chi connectivity index (χ3n) is 3.32. The topological polar surface area (TPSA) is 50.3 Å². The molecule has 0 N–H and O–H groups in total. The zero-order valence-corrected chi connectivity index (χ0v) is 12.0. The summed E-state index contributed by atoms with van der Waals surface area (Å²) in [6.07, 6.45) is 4.77. The van der Waals surface area contributed by atoms with Crippen LogP contribution >= 0.6 is 11.6 Å². The molecule has 2 heterocycles. The van der Waals surface area contributed by atoms with Crippen molar-refractivity contribution < 1.29 is 12.8 Å². The molecule has 0 saturated carbocycles. The van der Waals surface area contributed by atoms with Crippen LogP contribution in [0.4, 0.5) is 4.39 Å². The number of nitrogens with zero attached hydrogens (tertiary/aromatic N) is 2. The molecule has 19 heavy (non-hydrogen) atoms. The van der Waals surface area contributed by atoms with Crippen LogP contribution in [0.3, 0.4) is 0 Å². The predicted molar refractivity (Wildman–Crippen MR) is 71.0 cm³/mol. The highest BCUT2D eigenvalue weighted by atomic mass is 35.5. The van der Waals surface area contributed by atoms with Gasteiger partial charge in [-0.3, -0.25) is 4.98 Å². The van der Waals surface area contributed by atoms with E-state index in [-0.39, 0.29) is 10.8 Å². The van der Waals surface area contributed by atoms with Crippen molar-refractivity contribution in [2.75, 3.05) is 19.0 Å². The maximum Gasteiger partial charge on any atom is 0.244 e. The Labute approximate surface area is 117 Å². The number of piperidine rings is 1. The fourth-order valence-electron chi connectivity index (χ4n) is 2.32. The van der Waals surface area contributed by atoms with Crippen molar-refractivity contribution in [1.82, 2.24) is 9.29 Å². The van der Waals surface area contributed by atoms with Crippen LogP contribution in [0.5, 0.6) is 0 Å². The molecule has 1 fully saturated rings. The second-order valence-corrected chi connectivity index (χ2v) is 7.00. The lowest BCUT2D eigenvalue weighted by Crippen LogP contribution is -2.40. The lowest BCUT2D eigenvalue weighted by Gasteiger charge is -2.31. The van der Waals surface area contributed by atoms with Gasteiger partial charge < -0.3 is 0 Å². The molecule has 106 valence electrons. The summed E-state index contributed by atoms with van der Waals surface area (Å²) < 4.78 is 39.3. The van der Waals surface area contributed by atoms with Gasteiger partial charge in [-0.25, -0.2) is 12.8 Å². The average molecular weight is 307 g/mol. The number of halogens is 2. The first kappa shape index (κ1) is 14.7. The number of sulfonamides is 1. The van der Waals surface area contributed by atoms with Gasteiger partial charge in [-0.15, -0.1) is 11.6 Å². The van der Waals surface area contributed by atoms with Gasteiger partial charge in [0.05, 0.1) is 6.20 Å². The Balaban J connectivity index is 2.19. The molecular weight excluding hydrogens is 291 g/mol. The van der Waals surface area contributed by atoms with E-state index in [0.717, 1.165) is 31.5 Å². The highest BCUT2D eigenvalue weighted by Gasteiger charge is 2.30. The van der Waals surface area contributed by atoms with Crippen LogP contribution in [0, 0.1) is 11.7 Å². The molecule has 1 atom stereocenters. The van der Waals surface area contributed by atoms with E-state index in [0.29, 0.717) is 19.0 Å². The highest BCUT2D eigenvalue weighted by molar-refractivity contribution is 7.89. The Morgan fingerprint density at radius 1 is 1.47 bits per heavy atom. The van der Waals surface area contributed by atoms with E-state index in [9.17, 15) is 12.8 Å². The van der Waals surface area contributed by atoms with Crippen LogP contribution in [0.25, 0.3) is 0 Å². The summed E-state index contributed by atoms with van der Waals surface area (Å²) in [6.45, 7) is 0.920. The molecule has 0 spiro atoms. The first-order valence-electron chi connectivity index (χ1n) is 6.20. The number of alkyl halides is 1. The Bertz CT molecular complexity index is 536. The van der Waals surface area contributed by atoms with Gasteiger partial charge in [0.2, 0.25) is 10.0 Å². The summed E-state index contributed by atoms with van der Waals surface area (Å²) in [5.74, 6) is 0.165. The van der Waals surface area contributed by atoms with Crippen LogP contribution in [0.1, 0.15) is 19.3 Å². The van der Waals surface area contributed by atoms with Crippen molar-refractivity contribution in [2.24, 2.45) is 5.92 Å². The fourth-order valence-corrected chi connectivity index (χ4v) is 4.16. The van der Waals surface area contributed by atoms with Gasteiger partial charge in [0, 0.05) is 25.2 Å². The Morgan fingerprint density at radius 3 is 2.95 bits per heavy atom. The zero-order chi connectivity index (χ0) is 13.9. The molecule has 4 nitrogen and oxygen atoms in total. The number of aromatic nitrogens is 1. The van der Waals surface area contributed by atoms with Crippen molar-refractivity contribution in [1.29, 1.82) is 0 Å². The number of rotatable bonds is 4. The molecule has 0 aromatic carbocycles. The minimum absolute atomic E-state index is 0.0842. The number of pyridine rings is 1. The molecule has 1 aromatic rings. The lowest BCUT2D eigenvalue weighted by molar-refractivity contribution is 0.262. The molecular formula is C12H16ClFN2O2S. The third-order valence-corrected chi connectivity index (χ3v) is 5.37. The van der Waals surface area contributed by atoms with Crippen LogP contribution < -0.4 is 0 Å². The van der Waals surface area contributed by atoms with Gasteiger partial charge in [0.1, 0.15) is 10.7 Å².